The molecule has 4 rings (SSSR count). The number of imidazole rings is 1. The lowest BCUT2D eigenvalue weighted by molar-refractivity contribution is -0.148. The number of nitrogens with zero attached hydrogens (tertiary/aromatic N) is 5. The minimum Gasteiger partial charge on any atom is -0.478 e. The summed E-state index contributed by atoms with van der Waals surface area (Å²) >= 11 is 0. The fraction of sp³-hybridized carbons (Fsp3) is 0.250. The van der Waals surface area contributed by atoms with Crippen molar-refractivity contribution in [3.05, 3.63) is 65.0 Å². The summed E-state index contributed by atoms with van der Waals surface area (Å²) in [6.07, 6.45) is 0. The Labute approximate surface area is 245 Å². The van der Waals surface area contributed by atoms with Crippen molar-refractivity contribution in [1.29, 1.82) is 5.41 Å². The van der Waals surface area contributed by atoms with Gasteiger partial charge in [-0.3, -0.25) is 14.8 Å². The molecule has 0 saturated carbocycles. The van der Waals surface area contributed by atoms with Crippen LogP contribution in [0.15, 0.2) is 42.5 Å². The monoisotopic (exact) mass is 591 g/mol. The quantitative estimate of drug-likeness (QED) is 0.112. The van der Waals surface area contributed by atoms with E-state index in [9.17, 15) is 24.6 Å². The highest BCUT2D eigenvalue weighted by atomic mass is 16.5. The molecule has 0 radical (unpaired) electrons. The van der Waals surface area contributed by atoms with Crippen LogP contribution in [0.2, 0.25) is 0 Å². The topological polar surface area (TPSA) is 216 Å². The highest BCUT2D eigenvalue weighted by Gasteiger charge is 2.29. The molecule has 0 aliphatic rings. The van der Waals surface area contributed by atoms with Crippen molar-refractivity contribution in [1.82, 2.24) is 24.4 Å². The number of carboxylic acids is 1. The Morgan fingerprint density at radius 1 is 1.07 bits per heavy atom. The molecule has 1 amide bonds. The standard InChI is InChI=1S/C28H29N7O8/c1-5-41-27(40)19(13-36)35-14(2)31-21-23(35)32-28(43-20-12-15(22(29)30)9-10-18(20)26(38)39)33-24(21)42-17-8-6-7-16(11-17)25(37)34(3)4/h6-12,19,36H,5,13H2,1-4H3,(H3,29,30)(H,38,39). The number of aliphatic hydroxyl groups is 1. The Hall–Kier alpha value is -5.57. The van der Waals surface area contributed by atoms with Crippen molar-refractivity contribution >= 4 is 34.8 Å². The van der Waals surface area contributed by atoms with Gasteiger partial charge in [0.2, 0.25) is 0 Å². The van der Waals surface area contributed by atoms with Gasteiger partial charge in [-0.15, -0.1) is 0 Å². The molecular weight excluding hydrogens is 562 g/mol. The molecule has 4 aromatic rings. The van der Waals surface area contributed by atoms with E-state index in [4.69, 9.17) is 25.4 Å². The van der Waals surface area contributed by atoms with Crippen molar-refractivity contribution < 1.29 is 38.8 Å². The van der Waals surface area contributed by atoms with Crippen molar-refractivity contribution in [2.24, 2.45) is 5.73 Å². The molecule has 1 atom stereocenters. The van der Waals surface area contributed by atoms with E-state index in [-0.39, 0.29) is 63.8 Å². The Balaban J connectivity index is 1.92. The van der Waals surface area contributed by atoms with Crippen LogP contribution in [0, 0.1) is 12.3 Å². The maximum absolute atomic E-state index is 12.7. The van der Waals surface area contributed by atoms with Gasteiger partial charge in [0.1, 0.15) is 28.7 Å². The molecule has 5 N–H and O–H groups in total. The third-order valence-electron chi connectivity index (χ3n) is 6.13. The zero-order valence-electron chi connectivity index (χ0n) is 23.7. The Bertz CT molecular complexity index is 1730. The molecule has 15 heteroatoms. The van der Waals surface area contributed by atoms with Crippen molar-refractivity contribution in [2.45, 2.75) is 19.9 Å². The lowest BCUT2D eigenvalue weighted by Crippen LogP contribution is -2.26. The number of amides is 1. The van der Waals surface area contributed by atoms with Crippen LogP contribution in [-0.4, -0.2) is 85.6 Å². The van der Waals surface area contributed by atoms with Crippen LogP contribution in [0.1, 0.15) is 45.1 Å². The van der Waals surface area contributed by atoms with E-state index >= 15 is 0 Å². The smallest absolute Gasteiger partial charge is 0.339 e. The Morgan fingerprint density at radius 2 is 1.81 bits per heavy atom. The predicted octanol–water partition coefficient (Wildman–Crippen LogP) is 2.50. The summed E-state index contributed by atoms with van der Waals surface area (Å²) in [5, 5.41) is 27.5. The Morgan fingerprint density at radius 3 is 2.44 bits per heavy atom. The molecule has 2 aromatic heterocycles. The first kappa shape index (κ1) is 30.4. The summed E-state index contributed by atoms with van der Waals surface area (Å²) in [6, 6.07) is 8.46. The number of aryl methyl sites for hydroxylation is 1. The number of aliphatic hydroxyl groups excluding tert-OH is 1. The Kier molecular flexibility index (Phi) is 8.85. The van der Waals surface area contributed by atoms with Crippen LogP contribution < -0.4 is 15.2 Å². The minimum absolute atomic E-state index is 0.00437. The number of fused-ring (bicyclic) bond motifs is 1. The summed E-state index contributed by atoms with van der Waals surface area (Å²) < 4.78 is 18.3. The summed E-state index contributed by atoms with van der Waals surface area (Å²) in [4.78, 5) is 51.7. The molecule has 15 nitrogen and oxygen atoms in total. The highest BCUT2D eigenvalue weighted by Crippen LogP contribution is 2.34. The second kappa shape index (κ2) is 12.5. The molecule has 0 aliphatic heterocycles. The first-order chi connectivity index (χ1) is 20.4. The number of hydrogen-bond acceptors (Lipinski definition) is 11. The first-order valence-electron chi connectivity index (χ1n) is 12.9. The van der Waals surface area contributed by atoms with Crippen LogP contribution in [-0.2, 0) is 9.53 Å². The lowest BCUT2D eigenvalue weighted by Gasteiger charge is -2.17. The number of aromatic carboxylic acids is 1. The molecule has 0 aliphatic carbocycles. The molecule has 0 bridgehead atoms. The zero-order valence-corrected chi connectivity index (χ0v) is 23.7. The predicted molar refractivity (Wildman–Crippen MR) is 152 cm³/mol. The number of nitrogen functional groups attached to an aromatic ring is 1. The number of amidine groups is 1. The third-order valence-corrected chi connectivity index (χ3v) is 6.13. The molecular formula is C28H29N7O8. The molecule has 2 heterocycles. The first-order valence-corrected chi connectivity index (χ1v) is 12.9. The third kappa shape index (κ3) is 6.36. The molecule has 2 aromatic carbocycles. The number of carbonyl (C=O) groups excluding carboxylic acids is 2. The average molecular weight is 592 g/mol. The van der Waals surface area contributed by atoms with Gasteiger partial charge in [0.05, 0.1) is 13.2 Å². The number of nitrogens with two attached hydrogens (primary N) is 1. The fourth-order valence-corrected chi connectivity index (χ4v) is 4.14. The molecule has 43 heavy (non-hydrogen) atoms. The van der Waals surface area contributed by atoms with E-state index in [1.165, 1.54) is 33.7 Å². The highest BCUT2D eigenvalue weighted by molar-refractivity contribution is 5.98. The summed E-state index contributed by atoms with van der Waals surface area (Å²) in [5.41, 5.74) is 5.92. The number of hydrogen-bond donors (Lipinski definition) is 4. The number of aromatic nitrogens is 4. The van der Waals surface area contributed by atoms with Gasteiger partial charge in [-0.2, -0.15) is 9.97 Å². The van der Waals surface area contributed by atoms with Gasteiger partial charge in [0.15, 0.2) is 17.2 Å². The van der Waals surface area contributed by atoms with Crippen molar-refractivity contribution in [2.75, 3.05) is 27.3 Å². The number of benzene rings is 2. The number of ether oxygens (including phenoxy) is 3. The van der Waals surface area contributed by atoms with Gasteiger partial charge < -0.3 is 35.1 Å². The van der Waals surface area contributed by atoms with Gasteiger partial charge in [-0.25, -0.2) is 14.6 Å². The fourth-order valence-electron chi connectivity index (χ4n) is 4.14. The van der Waals surface area contributed by atoms with Crippen LogP contribution in [0.25, 0.3) is 11.2 Å². The number of carbonyl (C=O) groups is 3. The van der Waals surface area contributed by atoms with E-state index in [0.29, 0.717) is 5.56 Å². The van der Waals surface area contributed by atoms with E-state index in [0.717, 1.165) is 0 Å². The van der Waals surface area contributed by atoms with Gasteiger partial charge in [-0.1, -0.05) is 12.1 Å². The van der Waals surface area contributed by atoms with Crippen LogP contribution in [0.4, 0.5) is 0 Å². The van der Waals surface area contributed by atoms with E-state index < -0.39 is 30.6 Å². The van der Waals surface area contributed by atoms with Crippen LogP contribution in [0.5, 0.6) is 23.4 Å². The van der Waals surface area contributed by atoms with Crippen LogP contribution >= 0.6 is 0 Å². The summed E-state index contributed by atoms with van der Waals surface area (Å²) in [5.74, 6) is -2.59. The molecule has 0 saturated heterocycles. The number of esters is 1. The summed E-state index contributed by atoms with van der Waals surface area (Å²) in [6.45, 7) is 2.60. The summed E-state index contributed by atoms with van der Waals surface area (Å²) in [7, 11) is 3.22. The number of rotatable bonds is 11. The molecule has 0 fully saturated rings. The second-order valence-corrected chi connectivity index (χ2v) is 9.32. The molecule has 1 unspecified atom stereocenters. The molecule has 0 spiro atoms. The van der Waals surface area contributed by atoms with Gasteiger partial charge in [0.25, 0.3) is 11.8 Å². The lowest BCUT2D eigenvalue weighted by atomic mass is 10.1. The second-order valence-electron chi connectivity index (χ2n) is 9.32. The SMILES string of the molecule is CCOC(=O)C(CO)n1c(C)nc2c(Oc3cccc(C(=O)N(C)C)c3)nc(Oc3cc(C(=N)N)ccc3C(=O)O)nc21. The number of nitrogens with one attached hydrogen (secondary N) is 1. The molecule has 224 valence electrons. The maximum atomic E-state index is 12.7. The normalized spacial score (nSPS) is 11.6. The average Bonchev–Trinajstić information content (AvgIpc) is 3.29. The van der Waals surface area contributed by atoms with Gasteiger partial charge in [0, 0.05) is 25.2 Å². The van der Waals surface area contributed by atoms with Crippen molar-refractivity contribution in [3.63, 3.8) is 0 Å². The van der Waals surface area contributed by atoms with E-state index in [1.807, 2.05) is 0 Å². The van der Waals surface area contributed by atoms with E-state index in [1.54, 1.807) is 46.1 Å². The zero-order chi connectivity index (χ0) is 31.4. The maximum Gasteiger partial charge on any atom is 0.339 e. The minimum atomic E-state index is -1.33. The van der Waals surface area contributed by atoms with Crippen LogP contribution in [0.3, 0.4) is 0 Å². The van der Waals surface area contributed by atoms with Gasteiger partial charge >= 0.3 is 17.9 Å². The number of carboxylic acid groups (broad SMARTS) is 1. The van der Waals surface area contributed by atoms with Crippen molar-refractivity contribution in [3.8, 4) is 23.4 Å². The van der Waals surface area contributed by atoms with E-state index in [2.05, 4.69) is 15.0 Å². The largest absolute Gasteiger partial charge is 0.478 e. The van der Waals surface area contributed by atoms with Gasteiger partial charge in [-0.05, 0) is 44.2 Å².